The molecule has 1 aliphatic heterocycles. The molecule has 1 atom stereocenters. The number of esters is 1. The fraction of sp³-hybridized carbons (Fsp3) is 0.190. The lowest BCUT2D eigenvalue weighted by Crippen LogP contribution is -2.27. The van der Waals surface area contributed by atoms with Gasteiger partial charge in [0.2, 0.25) is 5.78 Å². The number of aryl methyl sites for hydroxylation is 1. The van der Waals surface area contributed by atoms with E-state index in [1.165, 1.54) is 13.0 Å². The molecule has 0 spiro atoms. The van der Waals surface area contributed by atoms with Gasteiger partial charge >= 0.3 is 5.97 Å². The van der Waals surface area contributed by atoms with Gasteiger partial charge in [-0.1, -0.05) is 30.3 Å². The summed E-state index contributed by atoms with van der Waals surface area (Å²) in [6.07, 6.45) is 0. The van der Waals surface area contributed by atoms with Gasteiger partial charge in [0.25, 0.3) is 10.0 Å². The third kappa shape index (κ3) is 3.48. The predicted octanol–water partition coefficient (Wildman–Crippen LogP) is 2.59. The topological polar surface area (TPSA) is 115 Å². The van der Waals surface area contributed by atoms with Crippen molar-refractivity contribution >= 4 is 38.6 Å². The standard InChI is InChI=1S/C21H18N2O6S/c1-12-14-7-3-5-9-17(14)29-19(12)16(24)11-28-21(25)13(2)22-20-15-8-4-6-10-18(15)30(26,27)23-20/h3-10,13H,11H2,1-2H3,(H,22,23)/t13-/m0/s1. The highest BCUT2D eigenvalue weighted by molar-refractivity contribution is 7.90. The fourth-order valence-corrected chi connectivity index (χ4v) is 4.48. The summed E-state index contributed by atoms with van der Waals surface area (Å²) in [5.74, 6) is -1.02. The van der Waals surface area contributed by atoms with Crippen molar-refractivity contribution < 1.29 is 27.2 Å². The molecule has 0 unspecified atom stereocenters. The number of ether oxygens (including phenoxy) is 1. The summed E-state index contributed by atoms with van der Waals surface area (Å²) in [4.78, 5) is 29.0. The first kappa shape index (κ1) is 19.8. The molecule has 30 heavy (non-hydrogen) atoms. The lowest BCUT2D eigenvalue weighted by molar-refractivity contribution is -0.143. The van der Waals surface area contributed by atoms with E-state index in [9.17, 15) is 18.0 Å². The van der Waals surface area contributed by atoms with Crippen LogP contribution in [0, 0.1) is 6.92 Å². The number of para-hydroxylation sites is 1. The number of furan rings is 1. The summed E-state index contributed by atoms with van der Waals surface area (Å²) in [6, 6.07) is 12.6. The number of amidine groups is 1. The van der Waals surface area contributed by atoms with Crippen LogP contribution in [0.25, 0.3) is 11.0 Å². The van der Waals surface area contributed by atoms with Crippen molar-refractivity contribution in [1.82, 2.24) is 4.72 Å². The largest absolute Gasteiger partial charge is 0.456 e. The highest BCUT2D eigenvalue weighted by atomic mass is 32.2. The first-order valence-electron chi connectivity index (χ1n) is 9.16. The number of nitrogens with one attached hydrogen (secondary N) is 1. The van der Waals surface area contributed by atoms with Crippen molar-refractivity contribution in [2.24, 2.45) is 4.99 Å². The molecule has 9 heteroatoms. The Kier molecular flexibility index (Phi) is 4.90. The van der Waals surface area contributed by atoms with Crippen molar-refractivity contribution in [2.75, 3.05) is 6.61 Å². The molecule has 0 bridgehead atoms. The zero-order valence-corrected chi connectivity index (χ0v) is 17.0. The summed E-state index contributed by atoms with van der Waals surface area (Å²) >= 11 is 0. The number of sulfonamides is 1. The van der Waals surface area contributed by atoms with E-state index >= 15 is 0 Å². The second-order valence-corrected chi connectivity index (χ2v) is 8.49. The molecule has 0 radical (unpaired) electrons. The van der Waals surface area contributed by atoms with Gasteiger partial charge in [-0.3, -0.25) is 14.5 Å². The molecule has 154 valence electrons. The smallest absolute Gasteiger partial charge is 0.331 e. The molecule has 1 aliphatic rings. The van der Waals surface area contributed by atoms with Crippen LogP contribution in [-0.4, -0.2) is 38.7 Å². The molecule has 2 aromatic carbocycles. The van der Waals surface area contributed by atoms with Gasteiger partial charge in [0.1, 0.15) is 17.5 Å². The Hall–Kier alpha value is -3.46. The summed E-state index contributed by atoms with van der Waals surface area (Å²) in [7, 11) is -3.70. The zero-order valence-electron chi connectivity index (χ0n) is 16.2. The van der Waals surface area contributed by atoms with Crippen LogP contribution < -0.4 is 4.72 Å². The number of fused-ring (bicyclic) bond motifs is 2. The van der Waals surface area contributed by atoms with Gasteiger partial charge in [-0.25, -0.2) is 13.2 Å². The molecular weight excluding hydrogens is 408 g/mol. The average Bonchev–Trinajstić information content (AvgIpc) is 3.20. The Morgan fingerprint density at radius 3 is 2.60 bits per heavy atom. The molecule has 0 fully saturated rings. The third-order valence-corrected chi connectivity index (χ3v) is 6.17. The highest BCUT2D eigenvalue weighted by Gasteiger charge is 2.31. The summed E-state index contributed by atoms with van der Waals surface area (Å²) in [5, 5.41) is 0.819. The van der Waals surface area contributed by atoms with Crippen LogP contribution in [0.2, 0.25) is 0 Å². The van der Waals surface area contributed by atoms with Gasteiger partial charge in [0.05, 0.1) is 4.90 Å². The van der Waals surface area contributed by atoms with Gasteiger partial charge in [-0.2, -0.15) is 0 Å². The van der Waals surface area contributed by atoms with Crippen molar-refractivity contribution in [3.05, 3.63) is 65.4 Å². The summed E-state index contributed by atoms with van der Waals surface area (Å²) in [5.41, 5.74) is 1.64. The van der Waals surface area contributed by atoms with Crippen LogP contribution in [0.4, 0.5) is 0 Å². The number of aliphatic imine (C=N–C) groups is 1. The van der Waals surface area contributed by atoms with E-state index in [2.05, 4.69) is 9.71 Å². The Balaban J connectivity index is 1.46. The molecule has 4 rings (SSSR count). The molecule has 3 aromatic rings. The number of nitrogens with zero attached hydrogens (tertiary/aromatic N) is 1. The highest BCUT2D eigenvalue weighted by Crippen LogP contribution is 2.25. The summed E-state index contributed by atoms with van der Waals surface area (Å²) < 4.78 is 37.3. The molecule has 8 nitrogen and oxygen atoms in total. The number of carbonyl (C=O) groups is 2. The van der Waals surface area contributed by atoms with Gasteiger partial charge < -0.3 is 9.15 Å². The fourth-order valence-electron chi connectivity index (χ4n) is 3.24. The Bertz CT molecular complexity index is 1310. The van der Waals surface area contributed by atoms with Crippen molar-refractivity contribution in [3.8, 4) is 0 Å². The van der Waals surface area contributed by atoms with E-state index in [-0.39, 0.29) is 16.5 Å². The number of hydrogen-bond donors (Lipinski definition) is 1. The van der Waals surface area contributed by atoms with Gasteiger partial charge in [0, 0.05) is 16.5 Å². The maximum atomic E-state index is 12.5. The molecule has 1 aromatic heterocycles. The lowest BCUT2D eigenvalue weighted by Gasteiger charge is -2.08. The first-order valence-corrected chi connectivity index (χ1v) is 10.6. The van der Waals surface area contributed by atoms with Crippen molar-refractivity contribution in [3.63, 3.8) is 0 Å². The van der Waals surface area contributed by atoms with Crippen LogP contribution >= 0.6 is 0 Å². The Labute approximate surface area is 172 Å². The van der Waals surface area contributed by atoms with Crippen LogP contribution in [-0.2, 0) is 19.6 Å². The predicted molar refractivity (Wildman–Crippen MR) is 109 cm³/mol. The van der Waals surface area contributed by atoms with E-state index in [1.54, 1.807) is 37.3 Å². The number of Topliss-reactive ketones (excluding diaryl/α,β-unsaturated/α-hetero) is 1. The zero-order chi connectivity index (χ0) is 21.5. The minimum atomic E-state index is -3.70. The summed E-state index contributed by atoms with van der Waals surface area (Å²) in [6.45, 7) is 2.72. The van der Waals surface area contributed by atoms with Crippen LogP contribution in [0.1, 0.15) is 28.6 Å². The molecule has 1 N–H and O–H groups in total. The average molecular weight is 426 g/mol. The van der Waals surface area contributed by atoms with Gasteiger partial charge in [-0.15, -0.1) is 0 Å². The van der Waals surface area contributed by atoms with E-state index in [4.69, 9.17) is 9.15 Å². The monoisotopic (exact) mass is 426 g/mol. The van der Waals surface area contributed by atoms with Gasteiger partial charge in [-0.05, 0) is 32.0 Å². The molecular formula is C21H18N2O6S. The Morgan fingerprint density at radius 1 is 1.13 bits per heavy atom. The number of hydrogen-bond acceptors (Lipinski definition) is 7. The van der Waals surface area contributed by atoms with E-state index in [0.717, 1.165) is 5.39 Å². The number of carbonyl (C=O) groups excluding carboxylic acids is 2. The second kappa shape index (κ2) is 7.42. The van der Waals surface area contributed by atoms with Crippen LogP contribution in [0.3, 0.4) is 0 Å². The van der Waals surface area contributed by atoms with E-state index in [0.29, 0.717) is 16.7 Å². The molecule has 0 aliphatic carbocycles. The first-order chi connectivity index (χ1) is 14.3. The van der Waals surface area contributed by atoms with Crippen molar-refractivity contribution in [2.45, 2.75) is 24.8 Å². The normalized spacial score (nSPS) is 16.8. The minimum Gasteiger partial charge on any atom is -0.456 e. The van der Waals surface area contributed by atoms with E-state index in [1.807, 2.05) is 12.1 Å². The Morgan fingerprint density at radius 2 is 1.83 bits per heavy atom. The van der Waals surface area contributed by atoms with Crippen LogP contribution in [0.5, 0.6) is 0 Å². The second-order valence-electron chi connectivity index (χ2n) is 6.84. The maximum absolute atomic E-state index is 12.5. The minimum absolute atomic E-state index is 0.0644. The maximum Gasteiger partial charge on any atom is 0.331 e. The van der Waals surface area contributed by atoms with Crippen LogP contribution in [0.15, 0.2) is 62.8 Å². The van der Waals surface area contributed by atoms with Gasteiger partial charge in [0.15, 0.2) is 12.4 Å². The number of benzene rings is 2. The number of ketones is 1. The number of rotatable bonds is 5. The SMILES string of the molecule is Cc1c(C(=O)COC(=O)[C@H](C)N=C2NS(=O)(=O)c3ccccc32)oc2ccccc12. The lowest BCUT2D eigenvalue weighted by atomic mass is 10.1. The van der Waals surface area contributed by atoms with E-state index < -0.39 is 34.4 Å². The molecule has 2 heterocycles. The molecule has 0 saturated heterocycles. The van der Waals surface area contributed by atoms with Crippen molar-refractivity contribution in [1.29, 1.82) is 0 Å². The molecule has 0 amide bonds. The quantitative estimate of drug-likeness (QED) is 0.495. The molecule has 0 saturated carbocycles. The third-order valence-electron chi connectivity index (χ3n) is 4.77.